The highest BCUT2D eigenvalue weighted by molar-refractivity contribution is 6.31. The van der Waals surface area contributed by atoms with Gasteiger partial charge in [0.1, 0.15) is 5.82 Å². The summed E-state index contributed by atoms with van der Waals surface area (Å²) in [6, 6.07) is 1.10. The van der Waals surface area contributed by atoms with Crippen LogP contribution >= 0.6 is 11.6 Å². The van der Waals surface area contributed by atoms with Crippen molar-refractivity contribution in [1.29, 1.82) is 0 Å². The molecule has 0 saturated carbocycles. The Morgan fingerprint density at radius 2 is 2.20 bits per heavy atom. The van der Waals surface area contributed by atoms with Gasteiger partial charge >= 0.3 is 0 Å². The summed E-state index contributed by atoms with van der Waals surface area (Å²) in [5, 5.41) is 18.0. The highest BCUT2D eigenvalue weighted by atomic mass is 35.5. The second-order valence-electron chi connectivity index (χ2n) is 3.03. The molecule has 0 aliphatic heterocycles. The molecule has 0 saturated heterocycles. The smallest absolute Gasteiger partial charge is 0.166 e. The van der Waals surface area contributed by atoms with Crippen LogP contribution in [0.3, 0.4) is 0 Å². The SMILES string of the molecule is COc1c(O)cc(Cl)c(F)c1CCCO. The number of phenols is 1. The number of benzene rings is 1. The average molecular weight is 235 g/mol. The van der Waals surface area contributed by atoms with Crippen LogP contribution < -0.4 is 4.74 Å². The first kappa shape index (κ1) is 12.1. The highest BCUT2D eigenvalue weighted by Crippen LogP contribution is 2.36. The van der Waals surface area contributed by atoms with E-state index in [0.29, 0.717) is 6.42 Å². The maximum absolute atomic E-state index is 13.5. The van der Waals surface area contributed by atoms with E-state index >= 15 is 0 Å². The Balaban J connectivity index is 3.18. The largest absolute Gasteiger partial charge is 0.504 e. The van der Waals surface area contributed by atoms with Crippen LogP contribution in [0.2, 0.25) is 5.02 Å². The third-order valence-corrected chi connectivity index (χ3v) is 2.31. The van der Waals surface area contributed by atoms with Crippen molar-refractivity contribution in [3.8, 4) is 11.5 Å². The zero-order valence-electron chi connectivity index (χ0n) is 8.26. The number of aromatic hydroxyl groups is 1. The van der Waals surface area contributed by atoms with E-state index in [2.05, 4.69) is 0 Å². The fourth-order valence-electron chi connectivity index (χ4n) is 1.35. The van der Waals surface area contributed by atoms with Gasteiger partial charge in [-0.1, -0.05) is 11.6 Å². The number of aliphatic hydroxyl groups is 1. The molecule has 0 unspecified atom stereocenters. The second-order valence-corrected chi connectivity index (χ2v) is 3.44. The van der Waals surface area contributed by atoms with Crippen molar-refractivity contribution in [2.75, 3.05) is 13.7 Å². The van der Waals surface area contributed by atoms with Gasteiger partial charge in [-0.2, -0.15) is 0 Å². The van der Waals surface area contributed by atoms with E-state index in [1.807, 2.05) is 0 Å². The molecule has 1 rings (SSSR count). The van der Waals surface area contributed by atoms with Crippen molar-refractivity contribution in [3.05, 3.63) is 22.5 Å². The Labute approximate surface area is 92.1 Å². The lowest BCUT2D eigenvalue weighted by atomic mass is 10.1. The number of hydrogen-bond donors (Lipinski definition) is 2. The minimum atomic E-state index is -0.611. The molecule has 1 aromatic carbocycles. The summed E-state index contributed by atoms with van der Waals surface area (Å²) in [4.78, 5) is 0. The molecule has 0 aliphatic carbocycles. The van der Waals surface area contributed by atoms with E-state index in [4.69, 9.17) is 21.4 Å². The normalized spacial score (nSPS) is 10.4. The first-order chi connectivity index (χ1) is 7.11. The summed E-state index contributed by atoms with van der Waals surface area (Å²) in [5.41, 5.74) is 0.191. The number of hydrogen-bond acceptors (Lipinski definition) is 3. The highest BCUT2D eigenvalue weighted by Gasteiger charge is 2.17. The summed E-state index contributed by atoms with van der Waals surface area (Å²) in [6.45, 7) is -0.0597. The quantitative estimate of drug-likeness (QED) is 0.839. The Morgan fingerprint density at radius 1 is 1.53 bits per heavy atom. The maximum Gasteiger partial charge on any atom is 0.166 e. The van der Waals surface area contributed by atoms with Gasteiger partial charge in [-0.3, -0.25) is 0 Å². The van der Waals surface area contributed by atoms with Crippen LogP contribution in [0.15, 0.2) is 6.07 Å². The van der Waals surface area contributed by atoms with Gasteiger partial charge in [0.15, 0.2) is 11.5 Å². The van der Waals surface area contributed by atoms with E-state index < -0.39 is 5.82 Å². The van der Waals surface area contributed by atoms with Crippen molar-refractivity contribution in [2.24, 2.45) is 0 Å². The van der Waals surface area contributed by atoms with Crippen molar-refractivity contribution in [2.45, 2.75) is 12.8 Å². The Hall–Kier alpha value is -1.00. The lowest BCUT2D eigenvalue weighted by Crippen LogP contribution is -1.99. The molecule has 0 atom stereocenters. The number of ether oxygens (including phenoxy) is 1. The topological polar surface area (TPSA) is 49.7 Å². The molecule has 0 bridgehead atoms. The van der Waals surface area contributed by atoms with Crippen LogP contribution in [0.1, 0.15) is 12.0 Å². The van der Waals surface area contributed by atoms with Crippen molar-refractivity contribution < 1.29 is 19.3 Å². The van der Waals surface area contributed by atoms with Crippen LogP contribution in [0.25, 0.3) is 0 Å². The van der Waals surface area contributed by atoms with E-state index in [-0.39, 0.29) is 35.1 Å². The van der Waals surface area contributed by atoms with E-state index in [1.165, 1.54) is 7.11 Å². The van der Waals surface area contributed by atoms with Gasteiger partial charge in [0.05, 0.1) is 12.1 Å². The van der Waals surface area contributed by atoms with Gasteiger partial charge in [0.25, 0.3) is 0 Å². The molecule has 2 N–H and O–H groups in total. The lowest BCUT2D eigenvalue weighted by molar-refractivity contribution is 0.286. The van der Waals surface area contributed by atoms with Crippen LogP contribution in [0.4, 0.5) is 4.39 Å². The predicted molar refractivity (Wildman–Crippen MR) is 55.0 cm³/mol. The number of methoxy groups -OCH3 is 1. The molecule has 3 nitrogen and oxygen atoms in total. The third-order valence-electron chi connectivity index (χ3n) is 2.03. The number of halogens is 2. The zero-order chi connectivity index (χ0) is 11.4. The third kappa shape index (κ3) is 2.52. The molecule has 1 aromatic rings. The standard InChI is InChI=1S/C10H12ClFO3/c1-15-10-6(3-2-4-13)9(12)7(11)5-8(10)14/h5,13-14H,2-4H2,1H3. The number of aliphatic hydroxyl groups excluding tert-OH is 1. The summed E-state index contributed by atoms with van der Waals surface area (Å²) >= 11 is 5.57. The first-order valence-corrected chi connectivity index (χ1v) is 4.84. The molecule has 0 aliphatic rings. The summed E-state index contributed by atoms with van der Waals surface area (Å²) in [5.74, 6) is -0.734. The zero-order valence-corrected chi connectivity index (χ0v) is 9.01. The molecule has 5 heteroatoms. The maximum atomic E-state index is 13.5. The van der Waals surface area contributed by atoms with E-state index in [9.17, 15) is 9.50 Å². The predicted octanol–water partition coefficient (Wildman–Crippen LogP) is 2.12. The second kappa shape index (κ2) is 5.19. The molecule has 0 amide bonds. The number of phenolic OH excluding ortho intramolecular Hbond substituents is 1. The molecule has 0 fully saturated rings. The molecule has 84 valence electrons. The van der Waals surface area contributed by atoms with E-state index in [1.54, 1.807) is 0 Å². The number of rotatable bonds is 4. The van der Waals surface area contributed by atoms with Gasteiger partial charge in [0.2, 0.25) is 0 Å². The van der Waals surface area contributed by atoms with Gasteiger partial charge in [0, 0.05) is 18.2 Å². The molecule has 0 radical (unpaired) electrons. The van der Waals surface area contributed by atoms with Crippen LogP contribution in [0.5, 0.6) is 11.5 Å². The monoisotopic (exact) mass is 234 g/mol. The summed E-state index contributed by atoms with van der Waals surface area (Å²) < 4.78 is 18.4. The summed E-state index contributed by atoms with van der Waals surface area (Å²) in [7, 11) is 1.34. The Morgan fingerprint density at radius 3 is 2.73 bits per heavy atom. The Bertz CT molecular complexity index is 355. The van der Waals surface area contributed by atoms with Gasteiger partial charge in [-0.25, -0.2) is 4.39 Å². The van der Waals surface area contributed by atoms with Gasteiger partial charge < -0.3 is 14.9 Å². The van der Waals surface area contributed by atoms with Crippen molar-refractivity contribution >= 4 is 11.6 Å². The van der Waals surface area contributed by atoms with Crippen LogP contribution in [0, 0.1) is 5.82 Å². The fraction of sp³-hybridized carbons (Fsp3) is 0.400. The van der Waals surface area contributed by atoms with Gasteiger partial charge in [-0.05, 0) is 12.8 Å². The van der Waals surface area contributed by atoms with E-state index in [0.717, 1.165) is 6.07 Å². The van der Waals surface area contributed by atoms with Crippen molar-refractivity contribution in [3.63, 3.8) is 0 Å². The molecule has 0 aromatic heterocycles. The van der Waals surface area contributed by atoms with Crippen molar-refractivity contribution in [1.82, 2.24) is 0 Å². The minimum Gasteiger partial charge on any atom is -0.504 e. The summed E-state index contributed by atoms with van der Waals surface area (Å²) in [6.07, 6.45) is 0.646. The van der Waals surface area contributed by atoms with Crippen LogP contribution in [-0.4, -0.2) is 23.9 Å². The molecule has 0 spiro atoms. The first-order valence-electron chi connectivity index (χ1n) is 4.46. The molecule has 0 heterocycles. The lowest BCUT2D eigenvalue weighted by Gasteiger charge is -2.11. The molecular formula is C10H12ClFO3. The minimum absolute atomic E-state index is 0.0597. The van der Waals surface area contributed by atoms with Gasteiger partial charge in [-0.15, -0.1) is 0 Å². The van der Waals surface area contributed by atoms with Crippen LogP contribution in [-0.2, 0) is 6.42 Å². The fourth-order valence-corrected chi connectivity index (χ4v) is 1.57. The average Bonchev–Trinajstić information content (AvgIpc) is 2.21. The molecule has 15 heavy (non-hydrogen) atoms. The molecular weight excluding hydrogens is 223 g/mol. The Kier molecular flexibility index (Phi) is 4.17.